The number of rotatable bonds is 6. The van der Waals surface area contributed by atoms with E-state index in [1.807, 2.05) is 6.07 Å². The van der Waals surface area contributed by atoms with Crippen LogP contribution in [0.15, 0.2) is 36.5 Å². The molecule has 12 heteroatoms. The summed E-state index contributed by atoms with van der Waals surface area (Å²) in [5.41, 5.74) is 1.29. The molecule has 37 heavy (non-hydrogen) atoms. The molecule has 5 rings (SSSR count). The number of hydrogen-bond donors (Lipinski definition) is 3. The molecule has 1 unspecified atom stereocenters. The molecule has 0 spiro atoms. The number of hydrogen-bond acceptors (Lipinski definition) is 9. The first-order chi connectivity index (χ1) is 17.9. The zero-order valence-electron chi connectivity index (χ0n) is 20.1. The Morgan fingerprint density at radius 2 is 2.05 bits per heavy atom. The van der Waals surface area contributed by atoms with Gasteiger partial charge in [-0.1, -0.05) is 0 Å². The van der Waals surface area contributed by atoms with E-state index in [-0.39, 0.29) is 37.4 Å². The van der Waals surface area contributed by atoms with E-state index in [2.05, 4.69) is 20.3 Å². The predicted octanol–water partition coefficient (Wildman–Crippen LogP) is 2.25. The van der Waals surface area contributed by atoms with Crippen molar-refractivity contribution in [2.45, 2.75) is 25.7 Å². The lowest BCUT2D eigenvalue weighted by Gasteiger charge is -2.37. The van der Waals surface area contributed by atoms with Gasteiger partial charge >= 0.3 is 0 Å². The first-order valence-corrected chi connectivity index (χ1v) is 11.9. The number of likely N-dealkylation sites (tertiary alicyclic amines) is 1. The second-order valence-corrected chi connectivity index (χ2v) is 9.34. The zero-order valence-corrected chi connectivity index (χ0v) is 20.1. The van der Waals surface area contributed by atoms with Crippen LogP contribution in [-0.4, -0.2) is 74.8 Å². The molecule has 2 aromatic heterocycles. The van der Waals surface area contributed by atoms with E-state index in [0.29, 0.717) is 48.0 Å². The van der Waals surface area contributed by atoms with Crippen LogP contribution in [0.25, 0.3) is 22.6 Å². The van der Waals surface area contributed by atoms with Gasteiger partial charge in [-0.05, 0) is 43.7 Å². The van der Waals surface area contributed by atoms with E-state index in [1.54, 1.807) is 36.2 Å². The maximum absolute atomic E-state index is 13.6. The summed E-state index contributed by atoms with van der Waals surface area (Å²) < 4.78 is 25.5. The Morgan fingerprint density at radius 3 is 2.73 bits per heavy atom. The lowest BCUT2D eigenvalue weighted by molar-refractivity contribution is -0.234. The van der Waals surface area contributed by atoms with Gasteiger partial charge in [0.2, 0.25) is 18.1 Å². The minimum atomic E-state index is -0.885. The molecule has 2 aliphatic heterocycles. The number of nitriles is 1. The van der Waals surface area contributed by atoms with Crippen molar-refractivity contribution in [3.63, 3.8) is 0 Å². The Hall–Kier alpha value is -3.92. The fourth-order valence-corrected chi connectivity index (χ4v) is 4.41. The molecular weight excluding hydrogens is 481 g/mol. The van der Waals surface area contributed by atoms with Crippen molar-refractivity contribution >= 4 is 11.9 Å². The molecule has 4 heterocycles. The van der Waals surface area contributed by atoms with Crippen molar-refractivity contribution in [3.8, 4) is 28.7 Å². The van der Waals surface area contributed by atoms with Crippen LogP contribution in [-0.2, 0) is 14.3 Å². The average molecular weight is 508 g/mol. The number of nitrogens with one attached hydrogen (secondary N) is 2. The van der Waals surface area contributed by atoms with Crippen LogP contribution in [0, 0.1) is 22.6 Å². The Balaban J connectivity index is 1.41. The highest BCUT2D eigenvalue weighted by Gasteiger charge is 2.44. The smallest absolute Gasteiger partial charge is 0.233 e. The van der Waals surface area contributed by atoms with Crippen LogP contribution in [0.1, 0.15) is 25.5 Å². The van der Waals surface area contributed by atoms with Crippen LogP contribution in [0.4, 0.5) is 10.3 Å². The Kier molecular flexibility index (Phi) is 6.84. The van der Waals surface area contributed by atoms with Gasteiger partial charge in [0.25, 0.3) is 0 Å². The van der Waals surface area contributed by atoms with Gasteiger partial charge in [0.1, 0.15) is 12.4 Å². The van der Waals surface area contributed by atoms with E-state index in [9.17, 15) is 14.3 Å². The normalized spacial score (nSPS) is 23.6. The zero-order chi connectivity index (χ0) is 26.0. The number of imidazole rings is 1. The Morgan fingerprint density at radius 1 is 1.30 bits per heavy atom. The first-order valence-electron chi connectivity index (χ1n) is 11.9. The van der Waals surface area contributed by atoms with Crippen molar-refractivity contribution in [2.75, 3.05) is 38.2 Å². The second-order valence-electron chi connectivity index (χ2n) is 9.34. The molecule has 2 saturated heterocycles. The summed E-state index contributed by atoms with van der Waals surface area (Å²) in [6.07, 6.45) is 0.742. The molecule has 192 valence electrons. The fraction of sp³-hybridized carbons (Fsp3) is 0.400. The summed E-state index contributed by atoms with van der Waals surface area (Å²) in [6, 6.07) is 9.56. The lowest BCUT2D eigenvalue weighted by atomic mass is 9.90. The van der Waals surface area contributed by atoms with Crippen LogP contribution < -0.4 is 5.32 Å². The third-order valence-corrected chi connectivity index (χ3v) is 6.37. The number of aromatic amines is 1. The number of aromatic nitrogens is 4. The molecule has 0 bridgehead atoms. The van der Waals surface area contributed by atoms with Gasteiger partial charge in [-0.2, -0.15) is 5.26 Å². The minimum absolute atomic E-state index is 0.0418. The van der Waals surface area contributed by atoms with Crippen LogP contribution in [0.5, 0.6) is 0 Å². The van der Waals surface area contributed by atoms with Crippen molar-refractivity contribution < 1.29 is 23.8 Å². The number of nitrogens with zero attached hydrogens (tertiary/aromatic N) is 5. The van der Waals surface area contributed by atoms with E-state index in [1.165, 1.54) is 12.1 Å². The Labute approximate surface area is 212 Å². The summed E-state index contributed by atoms with van der Waals surface area (Å²) in [4.78, 5) is 31.2. The second kappa shape index (κ2) is 10.2. The summed E-state index contributed by atoms with van der Waals surface area (Å²) in [6.45, 7) is 2.86. The highest BCUT2D eigenvalue weighted by Crippen LogP contribution is 2.36. The number of halogens is 1. The molecule has 1 amide bonds. The quantitative estimate of drug-likeness (QED) is 0.427. The van der Waals surface area contributed by atoms with Gasteiger partial charge in [-0.25, -0.2) is 19.3 Å². The average Bonchev–Trinajstić information content (AvgIpc) is 3.55. The number of carbonyl (C=O) groups is 1. The number of H-pyrrole nitrogens is 1. The molecule has 2 aliphatic rings. The van der Waals surface area contributed by atoms with Gasteiger partial charge in [0, 0.05) is 24.8 Å². The SMILES string of the molecule is CC1(C(=O)N2CCC(O)C2)COC(c2nc(-c3ccc(F)cc3)c(-c3ccnc(NCC#N)n3)[nH]2)OC1. The maximum Gasteiger partial charge on any atom is 0.233 e. The summed E-state index contributed by atoms with van der Waals surface area (Å²) in [7, 11) is 0. The molecule has 0 radical (unpaired) electrons. The number of β-amino-alcohol motifs (C(OH)–C–C–N with tert-alkyl or cyclic N) is 1. The van der Waals surface area contributed by atoms with Gasteiger partial charge in [0.05, 0.1) is 47.9 Å². The molecule has 1 aromatic carbocycles. The predicted molar refractivity (Wildman–Crippen MR) is 129 cm³/mol. The Bertz CT molecular complexity index is 1320. The minimum Gasteiger partial charge on any atom is -0.391 e. The van der Waals surface area contributed by atoms with Crippen molar-refractivity contribution in [2.24, 2.45) is 5.41 Å². The van der Waals surface area contributed by atoms with E-state index in [0.717, 1.165) is 0 Å². The van der Waals surface area contributed by atoms with Gasteiger partial charge in [-0.15, -0.1) is 0 Å². The topological polar surface area (TPSA) is 149 Å². The molecule has 0 saturated carbocycles. The third kappa shape index (κ3) is 5.15. The number of aliphatic hydroxyl groups excluding tert-OH is 1. The molecule has 3 aromatic rings. The van der Waals surface area contributed by atoms with Crippen LogP contribution in [0.3, 0.4) is 0 Å². The summed E-state index contributed by atoms with van der Waals surface area (Å²) >= 11 is 0. The molecule has 2 fully saturated rings. The van der Waals surface area contributed by atoms with E-state index < -0.39 is 17.8 Å². The van der Waals surface area contributed by atoms with Crippen LogP contribution in [0.2, 0.25) is 0 Å². The summed E-state index contributed by atoms with van der Waals surface area (Å²) in [5, 5.41) is 21.5. The third-order valence-electron chi connectivity index (χ3n) is 6.37. The first kappa shape index (κ1) is 24.8. The number of carbonyl (C=O) groups excluding carboxylic acids is 1. The van der Waals surface area contributed by atoms with E-state index in [4.69, 9.17) is 19.7 Å². The monoisotopic (exact) mass is 507 g/mol. The molecular formula is C25H26FN7O4. The van der Waals surface area contributed by atoms with E-state index >= 15 is 0 Å². The number of ether oxygens (including phenoxy) is 2. The molecule has 11 nitrogen and oxygen atoms in total. The van der Waals surface area contributed by atoms with Crippen molar-refractivity contribution in [1.82, 2.24) is 24.8 Å². The number of benzene rings is 1. The van der Waals surface area contributed by atoms with Gasteiger partial charge in [0.15, 0.2) is 5.82 Å². The maximum atomic E-state index is 13.6. The summed E-state index contributed by atoms with van der Waals surface area (Å²) in [5.74, 6) is 0.143. The molecule has 1 atom stereocenters. The van der Waals surface area contributed by atoms with Crippen LogP contribution >= 0.6 is 0 Å². The van der Waals surface area contributed by atoms with Crippen molar-refractivity contribution in [3.05, 3.63) is 48.2 Å². The highest BCUT2D eigenvalue weighted by atomic mass is 19.1. The van der Waals surface area contributed by atoms with Crippen molar-refractivity contribution in [1.29, 1.82) is 5.26 Å². The largest absolute Gasteiger partial charge is 0.391 e. The highest BCUT2D eigenvalue weighted by molar-refractivity contribution is 5.83. The van der Waals surface area contributed by atoms with Gasteiger partial charge < -0.3 is 29.8 Å². The van der Waals surface area contributed by atoms with Gasteiger partial charge in [-0.3, -0.25) is 4.79 Å². The molecule has 0 aliphatic carbocycles. The fourth-order valence-electron chi connectivity index (χ4n) is 4.41. The number of amides is 1. The standard InChI is InChI=1S/C25H26FN7O4/c1-25(23(35)33-11-7-17(34)12-33)13-36-22(37-14-25)21-31-19(15-2-4-16(26)5-3-15)20(32-21)18-6-9-28-24(30-18)29-10-8-27/h2-6,9,17,22,34H,7,10-14H2,1H3,(H,31,32)(H,28,29,30). The number of anilines is 1. The molecule has 3 N–H and O–H groups in total. The number of aliphatic hydroxyl groups is 1. The lowest BCUT2D eigenvalue weighted by Crippen LogP contribution is -2.49.